The van der Waals surface area contributed by atoms with Crippen molar-refractivity contribution >= 4 is 27.2 Å². The molecular weight excluding hydrogens is 314 g/mol. The average molecular weight is 336 g/mol. The first kappa shape index (κ1) is 22.1. The van der Waals surface area contributed by atoms with Crippen molar-refractivity contribution in [3.05, 3.63) is 0 Å². The van der Waals surface area contributed by atoms with Gasteiger partial charge >= 0.3 is 39.1 Å². The summed E-state index contributed by atoms with van der Waals surface area (Å²) in [5.74, 6) is -1.14. The zero-order valence-electron chi connectivity index (χ0n) is 10.2. The molecule has 0 saturated carbocycles. The normalized spacial score (nSPS) is 15.6. The molecule has 0 aliphatic rings. The van der Waals surface area contributed by atoms with E-state index in [-0.39, 0.29) is 18.7 Å². The maximum absolute atomic E-state index is 10.6. The molecule has 0 saturated heterocycles. The van der Waals surface area contributed by atoms with Gasteiger partial charge in [0.15, 0.2) is 7.37 Å². The molecule has 0 fully saturated rings. The molecule has 0 amide bonds. The fourth-order valence-electron chi connectivity index (χ4n) is 0.502. The van der Waals surface area contributed by atoms with Crippen LogP contribution >= 0.6 is 7.37 Å². The fourth-order valence-corrected chi connectivity index (χ4v) is 1.26. The van der Waals surface area contributed by atoms with E-state index in [1.54, 1.807) is 0 Å². The molecule has 0 rings (SSSR count). The van der Waals surface area contributed by atoms with Crippen molar-refractivity contribution in [2.75, 3.05) is 12.8 Å². The van der Waals surface area contributed by atoms with Crippen LogP contribution in [0.25, 0.3) is 0 Å². The van der Waals surface area contributed by atoms with Crippen LogP contribution < -0.4 is 11.9 Å². The largest absolute Gasteiger partial charge is 0.344 e. The molecule has 106 valence electrons. The van der Waals surface area contributed by atoms with Crippen LogP contribution in [-0.2, 0) is 13.1 Å². The average Bonchev–Trinajstić information content (AvgIpc) is 1.95. The zero-order chi connectivity index (χ0) is 13.6. The third-order valence-electron chi connectivity index (χ3n) is 1.17. The Labute approximate surface area is 103 Å². The molecule has 0 radical (unpaired) electrons. The molecule has 8 nitrogen and oxygen atoms in total. The smallest absolute Gasteiger partial charge is 0.344 e. The molecule has 0 bridgehead atoms. The van der Waals surface area contributed by atoms with E-state index in [1.807, 2.05) is 0 Å². The quantitative estimate of drug-likeness (QED) is 0.351. The van der Waals surface area contributed by atoms with Gasteiger partial charge in [-0.15, -0.1) is 0 Å². The van der Waals surface area contributed by atoms with Crippen LogP contribution in [0.2, 0.25) is 11.4 Å². The number of hydrogen-bond acceptors (Lipinski definition) is 5. The monoisotopic (exact) mass is 336 g/mol. The standard InChI is InChI=1S/C5H12NO4P.C2H7AsO2.H3N/c1-11(9,10)3-2-4(6)5(7)8;1-3(2,4)5;/h4H,2-3,6H2,1H3,(H,7,8)(H,9,10);1-2H3,(H,4,5);1H3. The maximum Gasteiger partial charge on any atom is -0.344 e. The fraction of sp³-hybridized carbons (Fsp3) is 0.857. The molecule has 0 aromatic heterocycles. The van der Waals surface area contributed by atoms with E-state index < -0.39 is 33.2 Å². The second-order valence-corrected chi connectivity index (χ2v) is 11.8. The van der Waals surface area contributed by atoms with Gasteiger partial charge in [0.05, 0.1) is 0 Å². The molecule has 10 heteroatoms. The third kappa shape index (κ3) is 31.3. The van der Waals surface area contributed by atoms with E-state index in [0.29, 0.717) is 0 Å². The summed E-state index contributed by atoms with van der Waals surface area (Å²) in [6.45, 7) is 1.18. The van der Waals surface area contributed by atoms with Crippen molar-refractivity contribution < 1.29 is 27.2 Å². The molecule has 0 aromatic carbocycles. The Kier molecular flexibility index (Phi) is 11.6. The molecule has 0 aromatic rings. The summed E-state index contributed by atoms with van der Waals surface area (Å²) in [5.41, 5.74) is 7.81. The molecule has 2 unspecified atom stereocenters. The molecule has 0 aliphatic heterocycles. The van der Waals surface area contributed by atoms with Crippen molar-refractivity contribution in [1.82, 2.24) is 6.15 Å². The van der Waals surface area contributed by atoms with Crippen molar-refractivity contribution in [3.63, 3.8) is 0 Å². The van der Waals surface area contributed by atoms with Gasteiger partial charge in [-0.1, -0.05) is 0 Å². The van der Waals surface area contributed by atoms with Crippen molar-refractivity contribution in [2.45, 2.75) is 23.9 Å². The predicted molar refractivity (Wildman–Crippen MR) is 66.3 cm³/mol. The second-order valence-electron chi connectivity index (χ2n) is 3.80. The van der Waals surface area contributed by atoms with Crippen molar-refractivity contribution in [2.24, 2.45) is 5.73 Å². The minimum absolute atomic E-state index is 0. The number of carbonyl (C=O) groups is 1. The molecule has 17 heavy (non-hydrogen) atoms. The van der Waals surface area contributed by atoms with Crippen LogP contribution in [-0.4, -0.2) is 52.8 Å². The van der Waals surface area contributed by atoms with Gasteiger partial charge in [-0.05, 0) is 6.42 Å². The van der Waals surface area contributed by atoms with Crippen LogP contribution in [0.1, 0.15) is 6.42 Å². The van der Waals surface area contributed by atoms with Crippen LogP contribution in [0.5, 0.6) is 0 Å². The van der Waals surface area contributed by atoms with Gasteiger partial charge in [-0.2, -0.15) is 0 Å². The summed E-state index contributed by atoms with van der Waals surface area (Å²) in [7, 11) is -3.10. The Morgan fingerprint density at radius 3 is 1.94 bits per heavy atom. The van der Waals surface area contributed by atoms with E-state index in [4.69, 9.17) is 19.8 Å². The first-order valence-corrected chi connectivity index (χ1v) is 12.0. The van der Waals surface area contributed by atoms with E-state index >= 15 is 0 Å². The topological polar surface area (TPSA) is 173 Å². The van der Waals surface area contributed by atoms with E-state index in [1.165, 1.54) is 18.1 Å². The molecule has 0 aliphatic carbocycles. The summed E-state index contributed by atoms with van der Waals surface area (Å²) in [5, 5.41) is 8.28. The number of rotatable bonds is 4. The summed E-state index contributed by atoms with van der Waals surface area (Å²) >= 11 is -3.12. The Morgan fingerprint density at radius 1 is 1.47 bits per heavy atom. The van der Waals surface area contributed by atoms with Gasteiger partial charge in [-0.25, -0.2) is 0 Å². The molecule has 8 N–H and O–H groups in total. The van der Waals surface area contributed by atoms with Crippen LogP contribution in [0.4, 0.5) is 0 Å². The maximum atomic E-state index is 10.6. The number of carboxylic acid groups (broad SMARTS) is 1. The Morgan fingerprint density at radius 2 is 1.76 bits per heavy atom. The Bertz CT molecular complexity index is 303. The van der Waals surface area contributed by atoms with Gasteiger partial charge in [0.2, 0.25) is 0 Å². The predicted octanol–water partition coefficient (Wildman–Crippen LogP) is -0.0384. The van der Waals surface area contributed by atoms with Gasteiger partial charge in [0, 0.05) is 12.8 Å². The zero-order valence-corrected chi connectivity index (χ0v) is 13.0. The van der Waals surface area contributed by atoms with Gasteiger partial charge < -0.3 is 21.9 Å². The first-order valence-electron chi connectivity index (χ1n) is 4.38. The number of nitrogens with two attached hydrogens (primary N) is 1. The van der Waals surface area contributed by atoms with Gasteiger partial charge in [0.1, 0.15) is 6.04 Å². The van der Waals surface area contributed by atoms with Crippen LogP contribution in [0.3, 0.4) is 0 Å². The van der Waals surface area contributed by atoms with E-state index in [9.17, 15) is 13.1 Å². The molecular formula is C7H22AsN2O6P. The summed E-state index contributed by atoms with van der Waals surface area (Å²) in [4.78, 5) is 18.9. The Hall–Kier alpha value is -0.102. The number of carboxylic acids is 1. The minimum atomic E-state index is -3.12. The molecule has 0 heterocycles. The molecule has 2 atom stereocenters. The number of aliphatic carboxylic acids is 1. The Balaban J connectivity index is -0.000000280. The second kappa shape index (κ2) is 8.91. The SMILES string of the molecule is CP(=O)(O)CCC(N)C(=O)O.C[As](C)(=O)O.N. The molecule has 0 spiro atoms. The number of hydrogen-bond donors (Lipinski definition) is 5. The van der Waals surface area contributed by atoms with E-state index in [2.05, 4.69) is 0 Å². The van der Waals surface area contributed by atoms with Crippen LogP contribution in [0.15, 0.2) is 0 Å². The van der Waals surface area contributed by atoms with Gasteiger partial charge in [0.25, 0.3) is 0 Å². The summed E-state index contributed by atoms with van der Waals surface area (Å²) < 4.78 is 28.6. The van der Waals surface area contributed by atoms with Crippen molar-refractivity contribution in [1.29, 1.82) is 0 Å². The van der Waals surface area contributed by atoms with Gasteiger partial charge in [-0.3, -0.25) is 9.36 Å². The van der Waals surface area contributed by atoms with E-state index in [0.717, 1.165) is 0 Å². The third-order valence-corrected chi connectivity index (χ3v) is 2.26. The summed E-state index contributed by atoms with van der Waals surface area (Å²) in [6.07, 6.45) is 0.0000772. The van der Waals surface area contributed by atoms with Crippen LogP contribution in [0, 0.1) is 0 Å². The minimum Gasteiger partial charge on any atom is -0.344 e. The first-order chi connectivity index (χ1) is 6.83. The van der Waals surface area contributed by atoms with Crippen molar-refractivity contribution in [3.8, 4) is 0 Å². The summed E-state index contributed by atoms with van der Waals surface area (Å²) in [6, 6.07) is -1.03.